The number of ether oxygens (including phenoxy) is 1. The third-order valence-corrected chi connectivity index (χ3v) is 5.56. The minimum Gasteiger partial charge on any atom is -0.370 e. The van der Waals surface area contributed by atoms with Gasteiger partial charge in [0.1, 0.15) is 24.9 Å². The molecule has 0 unspecified atom stereocenters. The van der Waals surface area contributed by atoms with Gasteiger partial charge in [0.2, 0.25) is 0 Å². The van der Waals surface area contributed by atoms with Gasteiger partial charge in [0.15, 0.2) is 5.11 Å². The zero-order chi connectivity index (χ0) is 20.8. The SMILES string of the molecule is O=C(NC(=S)NC[C@@H](c1ccc(F)cc1)[NH+]1CCOCC1)c1ccc(Cl)cc1Cl. The summed E-state index contributed by atoms with van der Waals surface area (Å²) in [6.45, 7) is 3.49. The van der Waals surface area contributed by atoms with Crippen LogP contribution in [0.25, 0.3) is 0 Å². The van der Waals surface area contributed by atoms with Crippen LogP contribution in [0.3, 0.4) is 0 Å². The molecule has 29 heavy (non-hydrogen) atoms. The Bertz CT molecular complexity index is 877. The maximum atomic E-state index is 13.3. The Kier molecular flexibility index (Phi) is 7.80. The Hall–Kier alpha value is -1.77. The van der Waals surface area contributed by atoms with Crippen LogP contribution in [-0.2, 0) is 4.74 Å². The summed E-state index contributed by atoms with van der Waals surface area (Å²) in [5, 5.41) is 6.63. The van der Waals surface area contributed by atoms with E-state index in [1.807, 2.05) is 0 Å². The van der Waals surface area contributed by atoms with Crippen LogP contribution in [0, 0.1) is 5.82 Å². The predicted octanol–water partition coefficient (Wildman–Crippen LogP) is 2.39. The Labute approximate surface area is 184 Å². The van der Waals surface area contributed by atoms with Gasteiger partial charge in [-0.25, -0.2) is 4.39 Å². The van der Waals surface area contributed by atoms with E-state index in [0.29, 0.717) is 24.8 Å². The van der Waals surface area contributed by atoms with Crippen molar-refractivity contribution in [3.05, 3.63) is 69.5 Å². The van der Waals surface area contributed by atoms with Crippen LogP contribution in [-0.4, -0.2) is 43.9 Å². The standard InChI is InChI=1S/C20H20Cl2FN3O2S/c21-14-3-6-16(17(22)11-14)19(27)25-20(29)24-12-18(26-7-9-28-10-8-26)13-1-4-15(23)5-2-13/h1-6,11,18H,7-10,12H2,(H2,24,25,27,29)/p+1/t18-/m0/s1. The summed E-state index contributed by atoms with van der Waals surface area (Å²) in [5.74, 6) is -0.693. The maximum Gasteiger partial charge on any atom is 0.258 e. The van der Waals surface area contributed by atoms with Gasteiger partial charge >= 0.3 is 0 Å². The number of benzene rings is 2. The van der Waals surface area contributed by atoms with Crippen molar-refractivity contribution in [2.24, 2.45) is 0 Å². The summed E-state index contributed by atoms with van der Waals surface area (Å²) in [6, 6.07) is 11.1. The Morgan fingerprint density at radius 2 is 1.86 bits per heavy atom. The highest BCUT2D eigenvalue weighted by Gasteiger charge is 2.26. The third kappa shape index (κ3) is 6.10. The number of rotatable bonds is 5. The number of morpholine rings is 1. The average molecular weight is 457 g/mol. The van der Waals surface area contributed by atoms with E-state index in [1.54, 1.807) is 24.3 Å². The monoisotopic (exact) mass is 456 g/mol. The lowest BCUT2D eigenvalue weighted by Crippen LogP contribution is -3.15. The van der Waals surface area contributed by atoms with Crippen LogP contribution in [0.1, 0.15) is 22.0 Å². The zero-order valence-corrected chi connectivity index (χ0v) is 17.8. The molecule has 154 valence electrons. The predicted molar refractivity (Wildman–Crippen MR) is 115 cm³/mol. The van der Waals surface area contributed by atoms with Gasteiger partial charge in [0.05, 0.1) is 30.3 Å². The Balaban J connectivity index is 1.64. The van der Waals surface area contributed by atoms with E-state index >= 15 is 0 Å². The highest BCUT2D eigenvalue weighted by Crippen LogP contribution is 2.20. The molecular weight excluding hydrogens is 436 g/mol. The first kappa shape index (κ1) is 21.9. The van der Waals surface area contributed by atoms with Crippen LogP contribution >= 0.6 is 35.4 Å². The van der Waals surface area contributed by atoms with Gasteiger partial charge < -0.3 is 15.0 Å². The summed E-state index contributed by atoms with van der Waals surface area (Å²) < 4.78 is 18.8. The van der Waals surface area contributed by atoms with Gasteiger partial charge in [-0.1, -0.05) is 35.3 Å². The fourth-order valence-corrected chi connectivity index (χ4v) is 3.93. The largest absolute Gasteiger partial charge is 0.370 e. The molecule has 0 radical (unpaired) electrons. The summed E-state index contributed by atoms with van der Waals surface area (Å²) >= 11 is 17.2. The average Bonchev–Trinajstić information content (AvgIpc) is 2.70. The first-order valence-electron chi connectivity index (χ1n) is 9.16. The quantitative estimate of drug-likeness (QED) is 0.604. The number of carbonyl (C=O) groups excluding carboxylic acids is 1. The number of halogens is 3. The number of amides is 1. The van der Waals surface area contributed by atoms with Gasteiger partial charge in [-0.15, -0.1) is 0 Å². The fourth-order valence-electron chi connectivity index (χ4n) is 3.26. The van der Waals surface area contributed by atoms with Crippen LogP contribution in [0.15, 0.2) is 42.5 Å². The lowest BCUT2D eigenvalue weighted by Gasteiger charge is -2.32. The van der Waals surface area contributed by atoms with Crippen LogP contribution in [0.2, 0.25) is 10.0 Å². The smallest absolute Gasteiger partial charge is 0.258 e. The van der Waals surface area contributed by atoms with Crippen LogP contribution < -0.4 is 15.5 Å². The van der Waals surface area contributed by atoms with Crippen molar-refractivity contribution in [2.45, 2.75) is 6.04 Å². The van der Waals surface area contributed by atoms with Crippen LogP contribution in [0.5, 0.6) is 0 Å². The van der Waals surface area contributed by atoms with Gasteiger partial charge in [-0.3, -0.25) is 10.1 Å². The molecule has 1 saturated heterocycles. The molecule has 2 aromatic rings. The molecule has 3 N–H and O–H groups in total. The number of nitrogens with one attached hydrogen (secondary N) is 3. The third-order valence-electron chi connectivity index (χ3n) is 4.77. The molecule has 0 spiro atoms. The van der Waals surface area contributed by atoms with Crippen molar-refractivity contribution in [1.29, 1.82) is 0 Å². The Morgan fingerprint density at radius 1 is 1.17 bits per heavy atom. The molecule has 1 aliphatic heterocycles. The highest BCUT2D eigenvalue weighted by molar-refractivity contribution is 7.80. The van der Waals surface area contributed by atoms with Gasteiger partial charge in [0, 0.05) is 10.6 Å². The molecule has 1 fully saturated rings. The second-order valence-corrected chi connectivity index (χ2v) is 7.91. The molecule has 0 aliphatic carbocycles. The topological polar surface area (TPSA) is 54.8 Å². The Morgan fingerprint density at radius 3 is 2.52 bits per heavy atom. The number of carbonyl (C=O) groups is 1. The first-order valence-corrected chi connectivity index (χ1v) is 10.3. The lowest BCUT2D eigenvalue weighted by molar-refractivity contribution is -0.937. The summed E-state index contributed by atoms with van der Waals surface area (Å²) in [4.78, 5) is 13.7. The molecule has 9 heteroatoms. The molecule has 0 bridgehead atoms. The van der Waals surface area contributed by atoms with Gasteiger partial charge in [-0.05, 0) is 42.5 Å². The molecule has 2 aromatic carbocycles. The molecule has 1 amide bonds. The second-order valence-electron chi connectivity index (χ2n) is 6.66. The summed E-state index contributed by atoms with van der Waals surface area (Å²) in [6.07, 6.45) is 0. The number of hydrogen-bond donors (Lipinski definition) is 3. The van der Waals surface area contributed by atoms with Crippen molar-refractivity contribution in [3.8, 4) is 0 Å². The van der Waals surface area contributed by atoms with E-state index in [9.17, 15) is 9.18 Å². The van der Waals surface area contributed by atoms with Crippen LogP contribution in [0.4, 0.5) is 4.39 Å². The zero-order valence-electron chi connectivity index (χ0n) is 15.5. The van der Waals surface area contributed by atoms with Crippen molar-refractivity contribution in [3.63, 3.8) is 0 Å². The molecule has 1 aliphatic rings. The van der Waals surface area contributed by atoms with Crippen molar-refractivity contribution >= 4 is 46.4 Å². The number of thiocarbonyl (C=S) groups is 1. The minimum atomic E-state index is -0.416. The van der Waals surface area contributed by atoms with E-state index in [0.717, 1.165) is 18.7 Å². The molecule has 1 heterocycles. The van der Waals surface area contributed by atoms with Crippen molar-refractivity contribution in [1.82, 2.24) is 10.6 Å². The molecular formula is C20H21Cl2FN3O2S+. The second kappa shape index (κ2) is 10.3. The van der Waals surface area contributed by atoms with E-state index in [1.165, 1.54) is 23.1 Å². The molecule has 1 atom stereocenters. The summed E-state index contributed by atoms with van der Waals surface area (Å²) in [5.41, 5.74) is 1.28. The minimum absolute atomic E-state index is 0.0356. The highest BCUT2D eigenvalue weighted by atomic mass is 35.5. The number of quaternary nitrogens is 1. The van der Waals surface area contributed by atoms with Crippen molar-refractivity contribution < 1.29 is 18.8 Å². The molecule has 3 rings (SSSR count). The van der Waals surface area contributed by atoms with E-state index < -0.39 is 5.91 Å². The van der Waals surface area contributed by atoms with Gasteiger partial charge in [0.25, 0.3) is 5.91 Å². The summed E-state index contributed by atoms with van der Waals surface area (Å²) in [7, 11) is 0. The van der Waals surface area contributed by atoms with Gasteiger partial charge in [-0.2, -0.15) is 0 Å². The van der Waals surface area contributed by atoms with E-state index in [4.69, 9.17) is 40.2 Å². The van der Waals surface area contributed by atoms with E-state index in [2.05, 4.69) is 10.6 Å². The fraction of sp³-hybridized carbons (Fsp3) is 0.300. The maximum absolute atomic E-state index is 13.3. The molecule has 0 saturated carbocycles. The lowest BCUT2D eigenvalue weighted by atomic mass is 10.0. The van der Waals surface area contributed by atoms with E-state index in [-0.39, 0.29) is 27.6 Å². The first-order chi connectivity index (χ1) is 13.9. The molecule has 5 nitrogen and oxygen atoms in total. The van der Waals surface area contributed by atoms with Crippen molar-refractivity contribution in [2.75, 3.05) is 32.8 Å². The normalized spacial score (nSPS) is 15.6. The number of hydrogen-bond acceptors (Lipinski definition) is 3. The molecule has 0 aromatic heterocycles.